The Labute approximate surface area is 107 Å². The summed E-state index contributed by atoms with van der Waals surface area (Å²) in [4.78, 5) is 11.7. The first-order valence-electron chi connectivity index (χ1n) is 5.24. The number of ether oxygens (including phenoxy) is 1. The third kappa shape index (κ3) is 2.52. The van der Waals surface area contributed by atoms with E-state index in [2.05, 4.69) is 0 Å². The Morgan fingerprint density at radius 2 is 1.47 bits per heavy atom. The number of carbonyl (C=O) groups is 1. The zero-order valence-corrected chi connectivity index (χ0v) is 9.57. The zero-order chi connectivity index (χ0) is 14.0. The number of phenolic OH excluding ortho intramolecular Hbond substituents is 4. The molecule has 0 bridgehead atoms. The number of carbonyl (C=O) groups excluding carboxylic acids is 1. The molecule has 0 spiro atoms. The number of phenols is 4. The Kier molecular flexibility index (Phi) is 3.15. The second-order valence-electron chi connectivity index (χ2n) is 3.72. The highest BCUT2D eigenvalue weighted by molar-refractivity contribution is 5.92. The lowest BCUT2D eigenvalue weighted by atomic mass is 10.2. The molecule has 4 N–H and O–H groups in total. The summed E-state index contributed by atoms with van der Waals surface area (Å²) in [6, 6.07) is 7.73. The van der Waals surface area contributed by atoms with Crippen LogP contribution in [0.25, 0.3) is 0 Å². The van der Waals surface area contributed by atoms with Crippen LogP contribution in [0.2, 0.25) is 0 Å². The van der Waals surface area contributed by atoms with E-state index in [1.807, 2.05) is 0 Å². The maximum absolute atomic E-state index is 11.7. The molecule has 0 amide bonds. The Morgan fingerprint density at radius 3 is 2.05 bits per heavy atom. The summed E-state index contributed by atoms with van der Waals surface area (Å²) in [6.45, 7) is 0. The predicted octanol–water partition coefficient (Wildman–Crippen LogP) is 1.73. The first-order chi connectivity index (χ1) is 8.99. The largest absolute Gasteiger partial charge is 0.504 e. The van der Waals surface area contributed by atoms with Crippen molar-refractivity contribution in [3.8, 4) is 28.7 Å². The van der Waals surface area contributed by atoms with Gasteiger partial charge in [-0.1, -0.05) is 12.1 Å². The van der Waals surface area contributed by atoms with Crippen molar-refractivity contribution in [2.24, 2.45) is 0 Å². The van der Waals surface area contributed by atoms with Crippen LogP contribution in [-0.4, -0.2) is 26.4 Å². The van der Waals surface area contributed by atoms with Crippen LogP contribution >= 0.6 is 0 Å². The molecule has 0 heterocycles. The normalized spacial score (nSPS) is 10.1. The lowest BCUT2D eigenvalue weighted by Gasteiger charge is -2.07. The van der Waals surface area contributed by atoms with Gasteiger partial charge >= 0.3 is 5.97 Å². The fourth-order valence-electron chi connectivity index (χ4n) is 1.42. The van der Waals surface area contributed by atoms with Crippen LogP contribution in [0, 0.1) is 0 Å². The molecule has 0 saturated carbocycles. The SMILES string of the molecule is O=C(Oc1ccccc1O)c1cc(O)c(O)c(O)c1. The van der Waals surface area contributed by atoms with E-state index in [4.69, 9.17) is 9.84 Å². The molecule has 2 aromatic rings. The van der Waals surface area contributed by atoms with Gasteiger partial charge in [-0.15, -0.1) is 0 Å². The highest BCUT2D eigenvalue weighted by Crippen LogP contribution is 2.36. The van der Waals surface area contributed by atoms with E-state index in [9.17, 15) is 20.1 Å². The van der Waals surface area contributed by atoms with Crippen molar-refractivity contribution in [1.29, 1.82) is 0 Å². The van der Waals surface area contributed by atoms with E-state index in [-0.39, 0.29) is 17.1 Å². The number of hydrogen-bond acceptors (Lipinski definition) is 6. The quantitative estimate of drug-likeness (QED) is 0.373. The maximum Gasteiger partial charge on any atom is 0.343 e. The summed E-state index contributed by atoms with van der Waals surface area (Å²) < 4.78 is 4.89. The minimum absolute atomic E-state index is 0.0560. The van der Waals surface area contributed by atoms with Gasteiger partial charge in [0.2, 0.25) is 0 Å². The van der Waals surface area contributed by atoms with E-state index < -0.39 is 23.2 Å². The Morgan fingerprint density at radius 1 is 0.895 bits per heavy atom. The molecule has 2 rings (SSSR count). The van der Waals surface area contributed by atoms with Crippen molar-refractivity contribution in [3.05, 3.63) is 42.0 Å². The number of esters is 1. The zero-order valence-electron chi connectivity index (χ0n) is 9.57. The van der Waals surface area contributed by atoms with E-state index in [0.29, 0.717) is 0 Å². The highest BCUT2D eigenvalue weighted by Gasteiger charge is 2.16. The summed E-state index contributed by atoms with van der Waals surface area (Å²) in [5.41, 5.74) is -0.170. The Hall–Kier alpha value is -2.89. The summed E-state index contributed by atoms with van der Waals surface area (Å²) in [5, 5.41) is 37.2. The van der Waals surface area contributed by atoms with Gasteiger partial charge in [0, 0.05) is 0 Å². The van der Waals surface area contributed by atoms with Crippen molar-refractivity contribution in [2.75, 3.05) is 0 Å². The van der Waals surface area contributed by atoms with E-state index in [1.54, 1.807) is 12.1 Å². The molecule has 0 aromatic heterocycles. The average molecular weight is 262 g/mol. The molecule has 0 aliphatic heterocycles. The van der Waals surface area contributed by atoms with Crippen LogP contribution in [0.15, 0.2) is 36.4 Å². The minimum atomic E-state index is -0.896. The van der Waals surface area contributed by atoms with Gasteiger partial charge < -0.3 is 25.2 Å². The molecule has 0 saturated heterocycles. The van der Waals surface area contributed by atoms with Gasteiger partial charge in [-0.3, -0.25) is 0 Å². The predicted molar refractivity (Wildman–Crippen MR) is 64.5 cm³/mol. The minimum Gasteiger partial charge on any atom is -0.504 e. The molecule has 0 atom stereocenters. The molecule has 98 valence electrons. The van der Waals surface area contributed by atoms with Gasteiger partial charge in [0.1, 0.15) is 0 Å². The highest BCUT2D eigenvalue weighted by atomic mass is 16.5. The molecule has 6 heteroatoms. The molecule has 0 unspecified atom stereocenters. The third-order valence-corrected chi connectivity index (χ3v) is 2.37. The standard InChI is InChI=1S/C13H10O6/c14-8-3-1-2-4-11(8)19-13(18)7-5-9(15)12(17)10(16)6-7/h1-6,14-17H. The first kappa shape index (κ1) is 12.6. The van der Waals surface area contributed by atoms with Gasteiger partial charge in [0.05, 0.1) is 5.56 Å². The fourth-order valence-corrected chi connectivity index (χ4v) is 1.42. The number of hydrogen-bond donors (Lipinski definition) is 4. The van der Waals surface area contributed by atoms with Gasteiger partial charge in [-0.25, -0.2) is 4.79 Å². The molecule has 0 radical (unpaired) electrons. The van der Waals surface area contributed by atoms with Gasteiger partial charge in [-0.05, 0) is 24.3 Å². The molecule has 6 nitrogen and oxygen atoms in total. The summed E-state index contributed by atoms with van der Waals surface area (Å²) >= 11 is 0. The third-order valence-electron chi connectivity index (χ3n) is 2.37. The van der Waals surface area contributed by atoms with Crippen molar-refractivity contribution >= 4 is 5.97 Å². The monoisotopic (exact) mass is 262 g/mol. The van der Waals surface area contributed by atoms with Crippen LogP contribution < -0.4 is 4.74 Å². The topological polar surface area (TPSA) is 107 Å². The van der Waals surface area contributed by atoms with Crippen LogP contribution in [0.3, 0.4) is 0 Å². The molecule has 0 aliphatic rings. The van der Waals surface area contributed by atoms with Crippen molar-refractivity contribution < 1.29 is 30.0 Å². The number of para-hydroxylation sites is 2. The summed E-state index contributed by atoms with van der Waals surface area (Å²) in [6.07, 6.45) is 0. The van der Waals surface area contributed by atoms with E-state index in [1.165, 1.54) is 12.1 Å². The molecular formula is C13H10O6. The maximum atomic E-state index is 11.7. The number of aromatic hydroxyl groups is 4. The lowest BCUT2D eigenvalue weighted by molar-refractivity contribution is 0.0728. The lowest BCUT2D eigenvalue weighted by Crippen LogP contribution is -2.08. The van der Waals surface area contributed by atoms with Crippen LogP contribution in [0.1, 0.15) is 10.4 Å². The second kappa shape index (κ2) is 4.77. The van der Waals surface area contributed by atoms with Crippen LogP contribution in [-0.2, 0) is 0 Å². The number of rotatable bonds is 2. The average Bonchev–Trinajstić information content (AvgIpc) is 2.38. The fraction of sp³-hybridized carbons (Fsp3) is 0. The molecule has 0 fully saturated rings. The van der Waals surface area contributed by atoms with E-state index >= 15 is 0 Å². The smallest absolute Gasteiger partial charge is 0.343 e. The second-order valence-corrected chi connectivity index (χ2v) is 3.72. The summed E-state index contributed by atoms with van der Waals surface area (Å²) in [7, 11) is 0. The van der Waals surface area contributed by atoms with Gasteiger partial charge in [0.25, 0.3) is 0 Å². The van der Waals surface area contributed by atoms with Crippen molar-refractivity contribution in [3.63, 3.8) is 0 Å². The van der Waals surface area contributed by atoms with Gasteiger partial charge in [-0.2, -0.15) is 0 Å². The van der Waals surface area contributed by atoms with Gasteiger partial charge in [0.15, 0.2) is 28.7 Å². The summed E-state index contributed by atoms with van der Waals surface area (Å²) in [5.74, 6) is -3.19. The van der Waals surface area contributed by atoms with Crippen molar-refractivity contribution in [2.45, 2.75) is 0 Å². The van der Waals surface area contributed by atoms with Crippen molar-refractivity contribution in [1.82, 2.24) is 0 Å². The first-order valence-corrected chi connectivity index (χ1v) is 5.24. The molecule has 2 aromatic carbocycles. The van der Waals surface area contributed by atoms with E-state index in [0.717, 1.165) is 12.1 Å². The molecular weight excluding hydrogens is 252 g/mol. The molecule has 0 aliphatic carbocycles. The van der Waals surface area contributed by atoms with Crippen LogP contribution in [0.5, 0.6) is 28.7 Å². The molecule has 19 heavy (non-hydrogen) atoms. The Balaban J connectivity index is 2.28. The number of benzene rings is 2. The van der Waals surface area contributed by atoms with Crippen LogP contribution in [0.4, 0.5) is 0 Å². The Bertz CT molecular complexity index is 612.